The van der Waals surface area contributed by atoms with Crippen molar-refractivity contribution in [2.75, 3.05) is 19.8 Å². The minimum Gasteiger partial charge on any atom is -0.490 e. The molecule has 0 saturated carbocycles. The number of carbonyl (C=O) groups is 1. The number of thiocarbonyl (C=S) groups is 1. The van der Waals surface area contributed by atoms with Crippen molar-refractivity contribution in [3.63, 3.8) is 0 Å². The Morgan fingerprint density at radius 3 is 2.67 bits per heavy atom. The van der Waals surface area contributed by atoms with Gasteiger partial charge in [0.1, 0.15) is 4.99 Å². The van der Waals surface area contributed by atoms with Gasteiger partial charge in [0, 0.05) is 12.1 Å². The van der Waals surface area contributed by atoms with Gasteiger partial charge < -0.3 is 20.5 Å². The Kier molecular flexibility index (Phi) is 7.53. The van der Waals surface area contributed by atoms with E-state index >= 15 is 0 Å². The van der Waals surface area contributed by atoms with Crippen molar-refractivity contribution in [3.05, 3.63) is 23.8 Å². The van der Waals surface area contributed by atoms with Crippen molar-refractivity contribution >= 4 is 23.1 Å². The fourth-order valence-electron chi connectivity index (χ4n) is 1.65. The fraction of sp³-hybridized carbons (Fsp3) is 0.467. The molecule has 6 heteroatoms. The first-order chi connectivity index (χ1) is 10.1. The van der Waals surface area contributed by atoms with Crippen molar-refractivity contribution in [2.24, 2.45) is 5.73 Å². The average molecular weight is 310 g/mol. The van der Waals surface area contributed by atoms with Gasteiger partial charge in [-0.1, -0.05) is 25.6 Å². The van der Waals surface area contributed by atoms with Gasteiger partial charge in [-0.3, -0.25) is 4.79 Å². The highest BCUT2D eigenvalue weighted by molar-refractivity contribution is 7.80. The third kappa shape index (κ3) is 5.99. The van der Waals surface area contributed by atoms with E-state index in [0.717, 1.165) is 12.8 Å². The first-order valence-electron chi connectivity index (χ1n) is 7.04. The van der Waals surface area contributed by atoms with Gasteiger partial charge in [0.15, 0.2) is 18.1 Å². The van der Waals surface area contributed by atoms with Gasteiger partial charge in [-0.05, 0) is 31.5 Å². The van der Waals surface area contributed by atoms with E-state index in [9.17, 15) is 4.79 Å². The number of hydrogen-bond acceptors (Lipinski definition) is 4. The molecule has 0 aromatic heterocycles. The summed E-state index contributed by atoms with van der Waals surface area (Å²) in [4.78, 5) is 11.9. The summed E-state index contributed by atoms with van der Waals surface area (Å²) in [7, 11) is 0. The van der Waals surface area contributed by atoms with E-state index in [1.807, 2.05) is 6.92 Å². The van der Waals surface area contributed by atoms with Crippen molar-refractivity contribution in [3.8, 4) is 11.5 Å². The van der Waals surface area contributed by atoms with Gasteiger partial charge in [-0.25, -0.2) is 0 Å². The Balaban J connectivity index is 2.65. The standard InChI is InChI=1S/C15H22N2O3S/c1-3-5-8-17-14(18)10-20-12-7-6-11(15(16)21)9-13(12)19-4-2/h6-7,9H,3-5,8,10H2,1-2H3,(H2,16,21)(H,17,18). The average Bonchev–Trinajstić information content (AvgIpc) is 2.46. The van der Waals surface area contributed by atoms with Crippen molar-refractivity contribution in [1.82, 2.24) is 5.32 Å². The molecule has 116 valence electrons. The van der Waals surface area contributed by atoms with E-state index in [-0.39, 0.29) is 12.5 Å². The zero-order valence-electron chi connectivity index (χ0n) is 12.5. The number of nitrogens with two attached hydrogens (primary N) is 1. The maximum atomic E-state index is 11.6. The zero-order chi connectivity index (χ0) is 15.7. The molecule has 0 aliphatic carbocycles. The van der Waals surface area contributed by atoms with Crippen LogP contribution in [0.25, 0.3) is 0 Å². The zero-order valence-corrected chi connectivity index (χ0v) is 13.3. The number of unbranched alkanes of at least 4 members (excludes halogenated alkanes) is 1. The smallest absolute Gasteiger partial charge is 0.257 e. The predicted molar refractivity (Wildman–Crippen MR) is 86.9 cm³/mol. The molecule has 0 aliphatic heterocycles. The molecule has 5 nitrogen and oxygen atoms in total. The lowest BCUT2D eigenvalue weighted by Gasteiger charge is -2.13. The lowest BCUT2D eigenvalue weighted by molar-refractivity contribution is -0.123. The van der Waals surface area contributed by atoms with Crippen LogP contribution in [0.3, 0.4) is 0 Å². The summed E-state index contributed by atoms with van der Waals surface area (Å²) in [5.41, 5.74) is 6.29. The molecule has 1 aromatic rings. The number of benzene rings is 1. The highest BCUT2D eigenvalue weighted by Gasteiger charge is 2.10. The molecule has 0 unspecified atom stereocenters. The van der Waals surface area contributed by atoms with Crippen LogP contribution in [-0.2, 0) is 4.79 Å². The molecule has 0 heterocycles. The minimum atomic E-state index is -0.149. The summed E-state index contributed by atoms with van der Waals surface area (Å²) in [5.74, 6) is 0.885. The number of hydrogen-bond donors (Lipinski definition) is 2. The van der Waals surface area contributed by atoms with Crippen LogP contribution in [0.2, 0.25) is 0 Å². The normalized spacial score (nSPS) is 10.0. The molecule has 0 radical (unpaired) electrons. The van der Waals surface area contributed by atoms with Gasteiger partial charge in [0.25, 0.3) is 5.91 Å². The minimum absolute atomic E-state index is 0.0454. The number of carbonyl (C=O) groups excluding carboxylic acids is 1. The molecule has 1 aromatic carbocycles. The third-order valence-electron chi connectivity index (χ3n) is 2.74. The maximum absolute atomic E-state index is 11.6. The lowest BCUT2D eigenvalue weighted by Crippen LogP contribution is -2.29. The Bertz CT molecular complexity index is 492. The fourth-order valence-corrected chi connectivity index (χ4v) is 1.77. The highest BCUT2D eigenvalue weighted by atomic mass is 32.1. The van der Waals surface area contributed by atoms with E-state index < -0.39 is 0 Å². The topological polar surface area (TPSA) is 73.6 Å². The highest BCUT2D eigenvalue weighted by Crippen LogP contribution is 2.28. The molecule has 1 amide bonds. The summed E-state index contributed by atoms with van der Waals surface area (Å²) < 4.78 is 11.0. The van der Waals surface area contributed by atoms with Crippen LogP contribution in [-0.4, -0.2) is 30.7 Å². The van der Waals surface area contributed by atoms with E-state index in [1.165, 1.54) is 0 Å². The maximum Gasteiger partial charge on any atom is 0.257 e. The second-order valence-electron chi connectivity index (χ2n) is 4.45. The van der Waals surface area contributed by atoms with Crippen LogP contribution in [0.5, 0.6) is 11.5 Å². The SMILES string of the molecule is CCCCNC(=O)COc1ccc(C(N)=S)cc1OCC. The second kappa shape index (κ2) is 9.18. The Hall–Kier alpha value is -1.82. The van der Waals surface area contributed by atoms with Crippen LogP contribution in [0, 0.1) is 0 Å². The van der Waals surface area contributed by atoms with Crippen molar-refractivity contribution in [1.29, 1.82) is 0 Å². The van der Waals surface area contributed by atoms with Gasteiger partial charge in [0.05, 0.1) is 6.61 Å². The largest absolute Gasteiger partial charge is 0.490 e. The first-order valence-corrected chi connectivity index (χ1v) is 7.45. The number of rotatable bonds is 9. The van der Waals surface area contributed by atoms with E-state index in [0.29, 0.717) is 35.2 Å². The van der Waals surface area contributed by atoms with Gasteiger partial charge >= 0.3 is 0 Å². The van der Waals surface area contributed by atoms with Crippen LogP contribution in [0.1, 0.15) is 32.3 Å². The van der Waals surface area contributed by atoms with Gasteiger partial charge in [-0.2, -0.15) is 0 Å². The van der Waals surface area contributed by atoms with Crippen LogP contribution < -0.4 is 20.5 Å². The van der Waals surface area contributed by atoms with Gasteiger partial charge in [-0.15, -0.1) is 0 Å². The monoisotopic (exact) mass is 310 g/mol. The summed E-state index contributed by atoms with van der Waals surface area (Å²) in [6.07, 6.45) is 1.99. The molecular formula is C15H22N2O3S. The molecular weight excluding hydrogens is 288 g/mol. The lowest BCUT2D eigenvalue weighted by atomic mass is 10.2. The van der Waals surface area contributed by atoms with Crippen molar-refractivity contribution in [2.45, 2.75) is 26.7 Å². The summed E-state index contributed by atoms with van der Waals surface area (Å²) in [6, 6.07) is 5.17. The summed E-state index contributed by atoms with van der Waals surface area (Å²) in [6.45, 7) is 5.04. The van der Waals surface area contributed by atoms with E-state index in [1.54, 1.807) is 18.2 Å². The molecule has 0 aliphatic rings. The molecule has 21 heavy (non-hydrogen) atoms. The summed E-state index contributed by atoms with van der Waals surface area (Å²) >= 11 is 4.93. The quantitative estimate of drug-likeness (QED) is 0.539. The van der Waals surface area contributed by atoms with E-state index in [4.69, 9.17) is 27.4 Å². The van der Waals surface area contributed by atoms with Crippen LogP contribution in [0.4, 0.5) is 0 Å². The Morgan fingerprint density at radius 2 is 2.05 bits per heavy atom. The number of ether oxygens (including phenoxy) is 2. The first kappa shape index (κ1) is 17.2. The van der Waals surface area contributed by atoms with Crippen LogP contribution in [0.15, 0.2) is 18.2 Å². The van der Waals surface area contributed by atoms with Crippen LogP contribution >= 0.6 is 12.2 Å². The molecule has 0 spiro atoms. The Morgan fingerprint density at radius 1 is 1.29 bits per heavy atom. The summed E-state index contributed by atoms with van der Waals surface area (Å²) in [5, 5.41) is 2.79. The Labute approximate surface area is 130 Å². The van der Waals surface area contributed by atoms with Crippen molar-refractivity contribution < 1.29 is 14.3 Å². The predicted octanol–water partition coefficient (Wildman–Crippen LogP) is 2.01. The molecule has 0 fully saturated rings. The molecule has 1 rings (SSSR count). The third-order valence-corrected chi connectivity index (χ3v) is 2.98. The second-order valence-corrected chi connectivity index (χ2v) is 4.89. The molecule has 0 bridgehead atoms. The number of amides is 1. The molecule has 3 N–H and O–H groups in total. The molecule has 0 atom stereocenters. The number of nitrogens with one attached hydrogen (secondary N) is 1. The van der Waals surface area contributed by atoms with E-state index in [2.05, 4.69) is 12.2 Å². The van der Waals surface area contributed by atoms with Gasteiger partial charge in [0.2, 0.25) is 0 Å². The molecule has 0 saturated heterocycles.